The van der Waals surface area contributed by atoms with Gasteiger partial charge in [-0.25, -0.2) is 9.36 Å². The Kier molecular flexibility index (Phi) is 7.30. The molecule has 2 aromatic carbocycles. The maximum absolute atomic E-state index is 13.1. The van der Waals surface area contributed by atoms with Crippen LogP contribution in [0.5, 0.6) is 0 Å². The Labute approximate surface area is 217 Å². The second-order valence-electron chi connectivity index (χ2n) is 12.5. The Morgan fingerprint density at radius 2 is 1.53 bits per heavy atom. The first-order chi connectivity index (χ1) is 16.8. The van der Waals surface area contributed by atoms with Crippen LogP contribution >= 0.6 is 0 Å². The Morgan fingerprint density at radius 3 is 2.17 bits per heavy atom. The van der Waals surface area contributed by atoms with Crippen LogP contribution in [0.3, 0.4) is 0 Å². The van der Waals surface area contributed by atoms with Gasteiger partial charge in [0.1, 0.15) is 5.60 Å². The fourth-order valence-corrected chi connectivity index (χ4v) is 5.57. The Morgan fingerprint density at radius 1 is 0.889 bits per heavy atom. The van der Waals surface area contributed by atoms with E-state index >= 15 is 0 Å². The molecule has 0 N–H and O–H groups in total. The van der Waals surface area contributed by atoms with Crippen LogP contribution in [-0.2, 0) is 9.16 Å². The lowest BCUT2D eigenvalue weighted by Gasteiger charge is -2.39. The lowest BCUT2D eigenvalue weighted by atomic mass is 10.1. The highest BCUT2D eigenvalue weighted by Gasteiger charge is 2.37. The van der Waals surface area contributed by atoms with E-state index in [0.29, 0.717) is 0 Å². The fourth-order valence-electron chi connectivity index (χ4n) is 4.54. The van der Waals surface area contributed by atoms with Gasteiger partial charge in [0.2, 0.25) is 0 Å². The second kappa shape index (κ2) is 9.84. The smallest absolute Gasteiger partial charge is 0.419 e. The molecule has 1 fully saturated rings. The third-order valence-electron chi connectivity index (χ3n) is 7.65. The number of aromatic nitrogens is 1. The van der Waals surface area contributed by atoms with Gasteiger partial charge in [-0.1, -0.05) is 39.0 Å². The Balaban J connectivity index is 1.48. The first-order valence-electron chi connectivity index (χ1n) is 13.1. The molecule has 0 spiro atoms. The zero-order valence-corrected chi connectivity index (χ0v) is 24.4. The lowest BCUT2D eigenvalue weighted by Crippen LogP contribution is -2.48. The highest BCUT2D eigenvalue weighted by molar-refractivity contribution is 6.74. The topological polar surface area (TPSA) is 46.9 Å². The van der Waals surface area contributed by atoms with E-state index in [0.717, 1.165) is 61.1 Å². The minimum atomic E-state index is -1.70. The van der Waals surface area contributed by atoms with Crippen molar-refractivity contribution in [2.45, 2.75) is 65.3 Å². The molecule has 1 aliphatic heterocycles. The molecule has 0 amide bonds. The molecule has 3 aromatic rings. The van der Waals surface area contributed by atoms with E-state index in [2.05, 4.69) is 67.9 Å². The normalized spacial score (nSPS) is 16.2. The third kappa shape index (κ3) is 5.63. The summed E-state index contributed by atoms with van der Waals surface area (Å²) in [5, 5.41) is 2.40. The molecule has 196 valence electrons. The summed E-state index contributed by atoms with van der Waals surface area (Å²) >= 11 is 0. The molecular formula is C29H43N3O3Si. The minimum absolute atomic E-state index is 0.247. The van der Waals surface area contributed by atoms with Gasteiger partial charge in [-0.15, -0.1) is 0 Å². The van der Waals surface area contributed by atoms with Crippen molar-refractivity contribution >= 4 is 41.9 Å². The molecule has 0 radical (unpaired) electrons. The number of anilines is 1. The van der Waals surface area contributed by atoms with Gasteiger partial charge in [-0.05, 0) is 63.2 Å². The highest BCUT2D eigenvalue weighted by atomic mass is 28.4. The third-order valence-corrected chi connectivity index (χ3v) is 12.2. The second-order valence-corrected chi connectivity index (χ2v) is 17.3. The Bertz CT molecular complexity index is 1230. The quantitative estimate of drug-likeness (QED) is 0.357. The predicted octanol–water partition coefficient (Wildman–Crippen LogP) is 6.72. The zero-order valence-electron chi connectivity index (χ0n) is 23.4. The van der Waals surface area contributed by atoms with E-state index in [4.69, 9.17) is 9.16 Å². The average Bonchev–Trinajstić information content (AvgIpc) is 3.11. The molecule has 0 atom stereocenters. The van der Waals surface area contributed by atoms with Gasteiger partial charge in [-0.3, -0.25) is 4.90 Å². The molecule has 6 nitrogen and oxygen atoms in total. The summed E-state index contributed by atoms with van der Waals surface area (Å²) < 4.78 is 13.8. The SMILES string of the molecule is CC(C)(C)OC(=O)n1c2ccccc2c2cc(N3CCN(CCO[Si](C)(C)C(C)(C)C)CC3)ccc21. The Hall–Kier alpha value is -2.35. The number of hydrogen-bond acceptors (Lipinski definition) is 5. The molecule has 0 saturated carbocycles. The first kappa shape index (κ1) is 26.7. The summed E-state index contributed by atoms with van der Waals surface area (Å²) in [5.41, 5.74) is 2.41. The summed E-state index contributed by atoms with van der Waals surface area (Å²) in [5.74, 6) is 0. The minimum Gasteiger partial charge on any atom is -0.443 e. The molecular weight excluding hydrogens is 466 g/mol. The first-order valence-corrected chi connectivity index (χ1v) is 16.1. The highest BCUT2D eigenvalue weighted by Crippen LogP contribution is 2.36. The summed E-state index contributed by atoms with van der Waals surface area (Å²) in [6, 6.07) is 14.5. The van der Waals surface area contributed by atoms with Crippen molar-refractivity contribution in [3.8, 4) is 0 Å². The van der Waals surface area contributed by atoms with E-state index in [-0.39, 0.29) is 11.1 Å². The fraction of sp³-hybridized carbons (Fsp3) is 0.552. The van der Waals surface area contributed by atoms with E-state index < -0.39 is 13.9 Å². The van der Waals surface area contributed by atoms with Gasteiger partial charge in [-0.2, -0.15) is 0 Å². The van der Waals surface area contributed by atoms with Crippen LogP contribution in [0.1, 0.15) is 41.5 Å². The monoisotopic (exact) mass is 509 g/mol. The maximum Gasteiger partial charge on any atom is 0.419 e. The van der Waals surface area contributed by atoms with Gasteiger partial charge >= 0.3 is 6.09 Å². The van der Waals surface area contributed by atoms with E-state index in [1.807, 2.05) is 39.0 Å². The van der Waals surface area contributed by atoms with Crippen LogP contribution in [0.4, 0.5) is 10.5 Å². The number of carbonyl (C=O) groups is 1. The number of fused-ring (bicyclic) bond motifs is 3. The van der Waals surface area contributed by atoms with Gasteiger partial charge in [0.05, 0.1) is 11.0 Å². The molecule has 0 bridgehead atoms. The number of ether oxygens (including phenoxy) is 1. The van der Waals surface area contributed by atoms with Crippen molar-refractivity contribution in [1.82, 2.24) is 9.47 Å². The van der Waals surface area contributed by atoms with Crippen molar-refractivity contribution in [2.75, 3.05) is 44.2 Å². The molecule has 4 rings (SSSR count). The molecule has 2 heterocycles. The van der Waals surface area contributed by atoms with Gasteiger partial charge < -0.3 is 14.1 Å². The van der Waals surface area contributed by atoms with Crippen molar-refractivity contribution in [2.24, 2.45) is 0 Å². The van der Waals surface area contributed by atoms with Crippen molar-refractivity contribution in [3.05, 3.63) is 42.5 Å². The molecule has 1 aromatic heterocycles. The predicted molar refractivity (Wildman–Crippen MR) is 153 cm³/mol. The lowest BCUT2D eigenvalue weighted by molar-refractivity contribution is 0.0551. The van der Waals surface area contributed by atoms with E-state index in [1.165, 1.54) is 5.69 Å². The molecule has 1 aliphatic rings. The molecule has 7 heteroatoms. The van der Waals surface area contributed by atoms with Gasteiger partial charge in [0.15, 0.2) is 8.32 Å². The summed E-state index contributed by atoms with van der Waals surface area (Å²) in [4.78, 5) is 18.1. The van der Waals surface area contributed by atoms with Gasteiger partial charge in [0.25, 0.3) is 0 Å². The standard InChI is InChI=1S/C29H43N3O3Si/c1-28(2,3)35-27(33)32-25-12-10-9-11-23(25)24-21-22(13-14-26(24)32)31-17-15-30(16-18-31)19-20-34-36(7,8)29(4,5)6/h9-14,21H,15-20H2,1-8H3. The average molecular weight is 510 g/mol. The van der Waals surface area contributed by atoms with Crippen LogP contribution < -0.4 is 4.90 Å². The van der Waals surface area contributed by atoms with Crippen LogP contribution in [0.2, 0.25) is 18.1 Å². The van der Waals surface area contributed by atoms with Crippen molar-refractivity contribution in [1.29, 1.82) is 0 Å². The van der Waals surface area contributed by atoms with Crippen LogP contribution in [-0.4, -0.2) is 68.8 Å². The van der Waals surface area contributed by atoms with E-state index in [9.17, 15) is 4.79 Å². The number of benzene rings is 2. The van der Waals surface area contributed by atoms with Crippen LogP contribution in [0.15, 0.2) is 42.5 Å². The zero-order chi connectivity index (χ0) is 26.3. The number of hydrogen-bond donors (Lipinski definition) is 0. The summed E-state index contributed by atoms with van der Waals surface area (Å²) in [7, 11) is -1.70. The van der Waals surface area contributed by atoms with Crippen molar-refractivity contribution < 1.29 is 14.0 Å². The molecule has 1 saturated heterocycles. The summed E-state index contributed by atoms with van der Waals surface area (Å²) in [6.07, 6.45) is -0.338. The largest absolute Gasteiger partial charge is 0.443 e. The van der Waals surface area contributed by atoms with Crippen LogP contribution in [0, 0.1) is 0 Å². The van der Waals surface area contributed by atoms with Crippen LogP contribution in [0.25, 0.3) is 21.8 Å². The number of piperazine rings is 1. The summed E-state index contributed by atoms with van der Waals surface area (Å²) in [6.45, 7) is 23.0. The number of carbonyl (C=O) groups excluding carboxylic acids is 1. The maximum atomic E-state index is 13.1. The van der Waals surface area contributed by atoms with Gasteiger partial charge in [0, 0.05) is 55.8 Å². The molecule has 36 heavy (non-hydrogen) atoms. The number of rotatable bonds is 5. The van der Waals surface area contributed by atoms with Crippen molar-refractivity contribution in [3.63, 3.8) is 0 Å². The van der Waals surface area contributed by atoms with E-state index in [1.54, 1.807) is 4.57 Å². The molecule has 0 unspecified atom stereocenters. The molecule has 0 aliphatic carbocycles. The number of para-hydroxylation sites is 1. The number of nitrogens with zero attached hydrogens (tertiary/aromatic N) is 3.